The minimum Gasteiger partial charge on any atom is -0.340 e. The van der Waals surface area contributed by atoms with Crippen molar-refractivity contribution in [2.75, 3.05) is 13.1 Å². The smallest absolute Gasteiger partial charge is 0.274 e. The molecule has 2 aromatic rings. The van der Waals surface area contributed by atoms with Crippen LogP contribution in [-0.4, -0.2) is 33.4 Å². The van der Waals surface area contributed by atoms with Crippen LogP contribution in [0.3, 0.4) is 0 Å². The number of carbonyl (C=O) groups is 1. The van der Waals surface area contributed by atoms with Gasteiger partial charge in [0.25, 0.3) is 5.91 Å². The van der Waals surface area contributed by atoms with E-state index in [4.69, 9.17) is 0 Å². The highest BCUT2D eigenvalue weighted by atomic mass is 16.2. The Morgan fingerprint density at radius 3 is 2.71 bits per heavy atom. The number of aromatic nitrogens is 2. The zero-order valence-corrected chi connectivity index (χ0v) is 12.6. The molecule has 1 aliphatic heterocycles. The minimum atomic E-state index is 0.0317. The number of aryl methyl sites for hydroxylation is 1. The van der Waals surface area contributed by atoms with E-state index in [9.17, 15) is 4.79 Å². The maximum atomic E-state index is 12.6. The van der Waals surface area contributed by atoms with Crippen molar-refractivity contribution in [2.45, 2.75) is 25.2 Å². The molecule has 110 valence electrons. The molecule has 0 saturated carbocycles. The van der Waals surface area contributed by atoms with Gasteiger partial charge in [0.05, 0.1) is 6.33 Å². The topological polar surface area (TPSA) is 38.1 Å². The number of likely N-dealkylation sites (tertiary alicyclic amines) is 1. The lowest BCUT2D eigenvalue weighted by atomic mass is 9.76. The molecule has 1 aromatic heterocycles. The van der Waals surface area contributed by atoms with Gasteiger partial charge in [-0.05, 0) is 18.4 Å². The first-order chi connectivity index (χ1) is 10.1. The molecule has 0 spiro atoms. The summed E-state index contributed by atoms with van der Waals surface area (Å²) in [5, 5.41) is 0. The highest BCUT2D eigenvalue weighted by Crippen LogP contribution is 2.33. The Hall–Kier alpha value is -2.10. The second-order valence-corrected chi connectivity index (χ2v) is 6.18. The minimum absolute atomic E-state index is 0.0317. The molecule has 1 atom stereocenters. The maximum absolute atomic E-state index is 12.6. The molecule has 0 aliphatic carbocycles. The van der Waals surface area contributed by atoms with Gasteiger partial charge in [-0.2, -0.15) is 0 Å². The third-order valence-electron chi connectivity index (χ3n) is 4.38. The number of benzene rings is 1. The number of hydrogen-bond acceptors (Lipinski definition) is 2. The Morgan fingerprint density at radius 2 is 2.05 bits per heavy atom. The van der Waals surface area contributed by atoms with Gasteiger partial charge < -0.3 is 9.47 Å². The van der Waals surface area contributed by atoms with Crippen LogP contribution < -0.4 is 0 Å². The van der Waals surface area contributed by atoms with Gasteiger partial charge in [-0.3, -0.25) is 4.79 Å². The number of hydrogen-bond donors (Lipinski definition) is 0. The highest BCUT2D eigenvalue weighted by molar-refractivity contribution is 5.92. The summed E-state index contributed by atoms with van der Waals surface area (Å²) in [6, 6.07) is 10.5. The summed E-state index contributed by atoms with van der Waals surface area (Å²) >= 11 is 0. The standard InChI is InChI=1S/C17H21N3O/c1-17(14-7-4-3-5-8-14)9-6-10-20(12-17)16(21)15-11-19(2)13-18-15/h3-5,7-8,11,13H,6,9-10,12H2,1-2H3/t17-/m0/s1. The van der Waals surface area contributed by atoms with Crippen molar-refractivity contribution in [1.82, 2.24) is 14.5 Å². The Bertz CT molecular complexity index is 634. The SMILES string of the molecule is Cn1cnc(C(=O)N2CCC[C@](C)(c3ccccc3)C2)c1. The van der Waals surface area contributed by atoms with E-state index in [0.29, 0.717) is 5.69 Å². The molecule has 1 amide bonds. The molecule has 1 aliphatic rings. The summed E-state index contributed by atoms with van der Waals surface area (Å²) in [5.41, 5.74) is 1.88. The van der Waals surface area contributed by atoms with Gasteiger partial charge in [-0.1, -0.05) is 37.3 Å². The number of rotatable bonds is 2. The molecule has 3 rings (SSSR count). The third-order valence-corrected chi connectivity index (χ3v) is 4.38. The number of amides is 1. The van der Waals surface area contributed by atoms with Crippen molar-refractivity contribution >= 4 is 5.91 Å². The summed E-state index contributed by atoms with van der Waals surface area (Å²) in [4.78, 5) is 18.7. The molecular formula is C17H21N3O. The average Bonchev–Trinajstić information content (AvgIpc) is 2.94. The molecule has 2 heterocycles. The van der Waals surface area contributed by atoms with E-state index < -0.39 is 0 Å². The molecule has 1 aromatic carbocycles. The van der Waals surface area contributed by atoms with Gasteiger partial charge in [0.2, 0.25) is 0 Å². The summed E-state index contributed by atoms with van der Waals surface area (Å²) in [5.74, 6) is 0.0393. The zero-order valence-electron chi connectivity index (χ0n) is 12.6. The van der Waals surface area contributed by atoms with Crippen LogP contribution in [0.1, 0.15) is 35.8 Å². The van der Waals surface area contributed by atoms with Crippen LogP contribution >= 0.6 is 0 Å². The fraction of sp³-hybridized carbons (Fsp3) is 0.412. The van der Waals surface area contributed by atoms with Gasteiger partial charge >= 0.3 is 0 Å². The Balaban J connectivity index is 1.81. The van der Waals surface area contributed by atoms with E-state index >= 15 is 0 Å². The molecule has 1 fully saturated rings. The van der Waals surface area contributed by atoms with E-state index in [1.165, 1.54) is 5.56 Å². The van der Waals surface area contributed by atoms with Gasteiger partial charge in [0.15, 0.2) is 0 Å². The normalized spacial score (nSPS) is 22.3. The summed E-state index contributed by atoms with van der Waals surface area (Å²) < 4.78 is 1.81. The molecule has 0 radical (unpaired) electrons. The lowest BCUT2D eigenvalue weighted by molar-refractivity contribution is 0.0645. The van der Waals surface area contributed by atoms with Crippen LogP contribution in [0.25, 0.3) is 0 Å². The number of piperidine rings is 1. The van der Waals surface area contributed by atoms with Crippen LogP contribution in [0.4, 0.5) is 0 Å². The van der Waals surface area contributed by atoms with E-state index in [1.54, 1.807) is 12.5 Å². The van der Waals surface area contributed by atoms with Gasteiger partial charge in [0.1, 0.15) is 5.69 Å². The van der Waals surface area contributed by atoms with Crippen LogP contribution in [0, 0.1) is 0 Å². The van der Waals surface area contributed by atoms with E-state index in [0.717, 1.165) is 25.9 Å². The molecule has 21 heavy (non-hydrogen) atoms. The van der Waals surface area contributed by atoms with Crippen molar-refractivity contribution in [3.63, 3.8) is 0 Å². The van der Waals surface area contributed by atoms with Crippen LogP contribution in [-0.2, 0) is 12.5 Å². The van der Waals surface area contributed by atoms with Crippen molar-refractivity contribution in [2.24, 2.45) is 7.05 Å². The van der Waals surface area contributed by atoms with Crippen molar-refractivity contribution in [1.29, 1.82) is 0 Å². The molecule has 0 unspecified atom stereocenters. The second kappa shape index (κ2) is 5.35. The van der Waals surface area contributed by atoms with Gasteiger partial charge in [-0.15, -0.1) is 0 Å². The predicted molar refractivity (Wildman–Crippen MR) is 82.1 cm³/mol. The van der Waals surface area contributed by atoms with Crippen molar-refractivity contribution < 1.29 is 4.79 Å². The van der Waals surface area contributed by atoms with Crippen LogP contribution in [0.15, 0.2) is 42.9 Å². The molecule has 0 bridgehead atoms. The fourth-order valence-corrected chi connectivity index (χ4v) is 3.17. The van der Waals surface area contributed by atoms with Crippen molar-refractivity contribution in [3.05, 3.63) is 54.1 Å². The first-order valence-electron chi connectivity index (χ1n) is 7.41. The summed E-state index contributed by atoms with van der Waals surface area (Å²) in [6.45, 7) is 3.82. The average molecular weight is 283 g/mol. The Kier molecular flexibility index (Phi) is 3.53. The third kappa shape index (κ3) is 2.71. The quantitative estimate of drug-likeness (QED) is 0.849. The molecule has 1 saturated heterocycles. The van der Waals surface area contributed by atoms with Crippen molar-refractivity contribution in [3.8, 4) is 0 Å². The van der Waals surface area contributed by atoms with Crippen LogP contribution in [0.2, 0.25) is 0 Å². The Labute approximate surface area is 125 Å². The summed E-state index contributed by atoms with van der Waals surface area (Å²) in [7, 11) is 1.88. The molecular weight excluding hydrogens is 262 g/mol. The summed E-state index contributed by atoms with van der Waals surface area (Å²) in [6.07, 6.45) is 5.61. The Morgan fingerprint density at radius 1 is 1.29 bits per heavy atom. The molecule has 4 nitrogen and oxygen atoms in total. The van der Waals surface area contributed by atoms with Gasteiger partial charge in [-0.25, -0.2) is 4.98 Å². The van der Waals surface area contributed by atoms with E-state index in [-0.39, 0.29) is 11.3 Å². The predicted octanol–water partition coefficient (Wildman–Crippen LogP) is 2.61. The van der Waals surface area contributed by atoms with E-state index in [1.807, 2.05) is 22.6 Å². The first kappa shape index (κ1) is 13.9. The zero-order chi connectivity index (χ0) is 14.9. The molecule has 0 N–H and O–H groups in total. The number of nitrogens with zero attached hydrogens (tertiary/aromatic N) is 3. The number of imidazole rings is 1. The largest absolute Gasteiger partial charge is 0.340 e. The maximum Gasteiger partial charge on any atom is 0.274 e. The van der Waals surface area contributed by atoms with Crippen LogP contribution in [0.5, 0.6) is 0 Å². The van der Waals surface area contributed by atoms with Gasteiger partial charge in [0, 0.05) is 31.7 Å². The monoisotopic (exact) mass is 283 g/mol. The fourth-order valence-electron chi connectivity index (χ4n) is 3.17. The van der Waals surface area contributed by atoms with E-state index in [2.05, 4.69) is 36.2 Å². The first-order valence-corrected chi connectivity index (χ1v) is 7.41. The number of carbonyl (C=O) groups excluding carboxylic acids is 1. The molecule has 4 heteroatoms. The second-order valence-electron chi connectivity index (χ2n) is 6.18. The highest BCUT2D eigenvalue weighted by Gasteiger charge is 2.35. The lowest BCUT2D eigenvalue weighted by Gasteiger charge is -2.40. The lowest BCUT2D eigenvalue weighted by Crippen LogP contribution is -2.47.